The van der Waals surface area contributed by atoms with Crippen molar-refractivity contribution in [2.24, 2.45) is 0 Å². The summed E-state index contributed by atoms with van der Waals surface area (Å²) in [6.07, 6.45) is 0.932. The summed E-state index contributed by atoms with van der Waals surface area (Å²) in [4.78, 5) is 3.16. The number of benzene rings is 1. The number of nitriles is 1. The van der Waals surface area contributed by atoms with Crippen LogP contribution in [0.25, 0.3) is 11.0 Å². The van der Waals surface area contributed by atoms with Crippen LogP contribution in [0.15, 0.2) is 35.0 Å². The predicted octanol–water partition coefficient (Wildman–Crippen LogP) is 4.44. The summed E-state index contributed by atoms with van der Waals surface area (Å²) in [5.41, 5.74) is 3.78. The Morgan fingerprint density at radius 2 is 2.30 bits per heavy atom. The monoisotopic (exact) mass is 299 g/mol. The Balaban J connectivity index is 2.10. The van der Waals surface area contributed by atoms with Crippen LogP contribution in [0, 0.1) is 16.1 Å². The van der Waals surface area contributed by atoms with Crippen molar-refractivity contribution in [3.8, 4) is 6.07 Å². The number of aromatic nitrogens is 2. The Morgan fingerprint density at radius 3 is 3.00 bits per heavy atom. The summed E-state index contributed by atoms with van der Waals surface area (Å²) < 4.78 is 2.77. The number of thiophene rings is 1. The zero-order chi connectivity index (χ0) is 14.1. The molecule has 0 fully saturated rings. The summed E-state index contributed by atoms with van der Waals surface area (Å²) in [6.45, 7) is 2.15. The molecule has 0 amide bonds. The second-order valence-corrected chi connectivity index (χ2v) is 5.96. The molecule has 1 aromatic carbocycles. The second-order valence-electron chi connectivity index (χ2n) is 4.80. The van der Waals surface area contributed by atoms with E-state index in [9.17, 15) is 0 Å². The molecule has 3 rings (SSSR count). The van der Waals surface area contributed by atoms with Crippen LogP contribution in [0.3, 0.4) is 0 Å². The molecule has 0 saturated carbocycles. The fourth-order valence-electron chi connectivity index (χ4n) is 2.52. The van der Waals surface area contributed by atoms with Crippen molar-refractivity contribution in [2.75, 3.05) is 0 Å². The molecule has 0 aliphatic heterocycles. The third-order valence-corrected chi connectivity index (χ3v) is 4.46. The molecule has 3 nitrogen and oxygen atoms in total. The minimum atomic E-state index is 0.250. The van der Waals surface area contributed by atoms with Gasteiger partial charge in [0, 0.05) is 6.04 Å². The first-order chi connectivity index (χ1) is 9.70. The van der Waals surface area contributed by atoms with Gasteiger partial charge in [0.15, 0.2) is 4.77 Å². The maximum Gasteiger partial charge on any atom is 0.178 e. The fraction of sp³-hybridized carbons (Fsp3) is 0.200. The summed E-state index contributed by atoms with van der Waals surface area (Å²) in [6, 6.07) is 10.3. The average molecular weight is 299 g/mol. The van der Waals surface area contributed by atoms with E-state index >= 15 is 0 Å². The predicted molar refractivity (Wildman–Crippen MR) is 84.6 cm³/mol. The normalized spacial score (nSPS) is 12.4. The van der Waals surface area contributed by atoms with Crippen LogP contribution < -0.4 is 0 Å². The Kier molecular flexibility index (Phi) is 3.43. The van der Waals surface area contributed by atoms with E-state index in [-0.39, 0.29) is 6.04 Å². The molecule has 1 N–H and O–H groups in total. The van der Waals surface area contributed by atoms with Gasteiger partial charge in [0.2, 0.25) is 0 Å². The lowest BCUT2D eigenvalue weighted by Crippen LogP contribution is -2.07. The Morgan fingerprint density at radius 1 is 1.45 bits per heavy atom. The highest BCUT2D eigenvalue weighted by molar-refractivity contribution is 7.71. The third-order valence-electron chi connectivity index (χ3n) is 3.43. The van der Waals surface area contributed by atoms with Gasteiger partial charge >= 0.3 is 0 Å². The molecule has 0 aliphatic carbocycles. The first-order valence-electron chi connectivity index (χ1n) is 6.35. The molecule has 2 heterocycles. The van der Waals surface area contributed by atoms with E-state index in [0.717, 1.165) is 17.5 Å². The van der Waals surface area contributed by atoms with E-state index in [1.165, 1.54) is 5.56 Å². The van der Waals surface area contributed by atoms with Gasteiger partial charge in [-0.1, -0.05) is 6.07 Å². The van der Waals surface area contributed by atoms with Gasteiger partial charge < -0.3 is 9.55 Å². The van der Waals surface area contributed by atoms with E-state index in [1.807, 2.05) is 18.2 Å². The average Bonchev–Trinajstić information content (AvgIpc) is 3.04. The molecule has 1 atom stereocenters. The number of aromatic amines is 1. The highest BCUT2D eigenvalue weighted by atomic mass is 32.1. The van der Waals surface area contributed by atoms with Gasteiger partial charge in [0.05, 0.1) is 16.6 Å². The smallest absolute Gasteiger partial charge is 0.178 e. The van der Waals surface area contributed by atoms with Gasteiger partial charge in [-0.25, -0.2) is 0 Å². The van der Waals surface area contributed by atoms with E-state index in [2.05, 4.69) is 39.4 Å². The molecule has 100 valence electrons. The van der Waals surface area contributed by atoms with Crippen molar-refractivity contribution in [2.45, 2.75) is 19.4 Å². The van der Waals surface area contributed by atoms with Gasteiger partial charge in [-0.2, -0.15) is 16.6 Å². The van der Waals surface area contributed by atoms with Crippen molar-refractivity contribution in [1.29, 1.82) is 5.26 Å². The van der Waals surface area contributed by atoms with E-state index < -0.39 is 0 Å². The molecule has 0 spiro atoms. The van der Waals surface area contributed by atoms with E-state index in [1.54, 1.807) is 11.3 Å². The first-order valence-corrected chi connectivity index (χ1v) is 7.70. The lowest BCUT2D eigenvalue weighted by molar-refractivity contribution is 0.554. The molecule has 0 saturated heterocycles. The third kappa shape index (κ3) is 2.17. The van der Waals surface area contributed by atoms with Crippen LogP contribution in [-0.2, 0) is 6.42 Å². The van der Waals surface area contributed by atoms with Gasteiger partial charge in [0.25, 0.3) is 0 Å². The number of imidazole rings is 1. The van der Waals surface area contributed by atoms with Crippen LogP contribution in [-0.4, -0.2) is 9.55 Å². The number of nitrogens with one attached hydrogen (secondary N) is 1. The minimum absolute atomic E-state index is 0.250. The summed E-state index contributed by atoms with van der Waals surface area (Å²) in [5, 5.41) is 13.4. The summed E-state index contributed by atoms with van der Waals surface area (Å²) in [7, 11) is 0. The van der Waals surface area contributed by atoms with Crippen molar-refractivity contribution in [3.63, 3.8) is 0 Å². The van der Waals surface area contributed by atoms with Crippen LogP contribution in [0.2, 0.25) is 0 Å². The number of hydrogen-bond donors (Lipinski definition) is 1. The largest absolute Gasteiger partial charge is 0.329 e. The van der Waals surface area contributed by atoms with Gasteiger partial charge in [-0.05, 0) is 60.1 Å². The van der Waals surface area contributed by atoms with Crippen molar-refractivity contribution < 1.29 is 0 Å². The maximum atomic E-state index is 9.17. The molecule has 20 heavy (non-hydrogen) atoms. The zero-order valence-electron chi connectivity index (χ0n) is 11.0. The standard InChI is InChI=1S/C15H13N3S2/c1-10(7-11-5-6-20-9-11)18-13-4-2-3-12(8-16)14(13)17-15(18)19/h2-6,9-10H,7H2,1H3,(H,17,19). The van der Waals surface area contributed by atoms with Gasteiger partial charge in [-0.15, -0.1) is 0 Å². The quantitative estimate of drug-likeness (QED) is 0.727. The number of fused-ring (bicyclic) bond motifs is 1. The highest BCUT2D eigenvalue weighted by Gasteiger charge is 2.13. The van der Waals surface area contributed by atoms with E-state index in [4.69, 9.17) is 17.5 Å². The Hall–Kier alpha value is -1.90. The molecule has 5 heteroatoms. The second kappa shape index (κ2) is 5.23. The number of H-pyrrole nitrogens is 1. The molecule has 0 radical (unpaired) electrons. The molecular weight excluding hydrogens is 286 g/mol. The molecule has 0 bridgehead atoms. The first kappa shape index (κ1) is 13.1. The number of nitrogens with zero attached hydrogens (tertiary/aromatic N) is 2. The summed E-state index contributed by atoms with van der Waals surface area (Å²) >= 11 is 7.14. The van der Waals surface area contributed by atoms with Crippen molar-refractivity contribution >= 4 is 34.6 Å². The SMILES string of the molecule is CC(Cc1ccsc1)n1c(=S)[nH]c2c(C#N)cccc21. The highest BCUT2D eigenvalue weighted by Crippen LogP contribution is 2.24. The fourth-order valence-corrected chi connectivity index (χ4v) is 3.58. The number of rotatable bonds is 3. The minimum Gasteiger partial charge on any atom is -0.329 e. The van der Waals surface area contributed by atoms with Gasteiger partial charge in [-0.3, -0.25) is 0 Å². The van der Waals surface area contributed by atoms with Crippen molar-refractivity contribution in [3.05, 3.63) is 50.9 Å². The van der Waals surface area contributed by atoms with Gasteiger partial charge in [0.1, 0.15) is 6.07 Å². The lowest BCUT2D eigenvalue weighted by Gasteiger charge is -2.13. The zero-order valence-corrected chi connectivity index (χ0v) is 12.6. The Bertz CT molecular complexity index is 834. The number of hydrogen-bond acceptors (Lipinski definition) is 3. The maximum absolute atomic E-state index is 9.17. The van der Waals surface area contributed by atoms with Crippen molar-refractivity contribution in [1.82, 2.24) is 9.55 Å². The van der Waals surface area contributed by atoms with Crippen LogP contribution >= 0.6 is 23.6 Å². The van der Waals surface area contributed by atoms with Crippen LogP contribution in [0.4, 0.5) is 0 Å². The topological polar surface area (TPSA) is 44.5 Å². The molecule has 3 aromatic rings. The van der Waals surface area contributed by atoms with E-state index in [0.29, 0.717) is 10.3 Å². The van der Waals surface area contributed by atoms with Crippen LogP contribution in [0.1, 0.15) is 24.1 Å². The summed E-state index contributed by atoms with van der Waals surface area (Å²) in [5.74, 6) is 0. The molecule has 1 unspecified atom stereocenters. The molecule has 0 aliphatic rings. The molecule has 2 aromatic heterocycles. The lowest BCUT2D eigenvalue weighted by atomic mass is 10.1. The molecular formula is C15H13N3S2. The Labute approximate surface area is 126 Å². The number of para-hydroxylation sites is 1. The van der Waals surface area contributed by atoms with Crippen LogP contribution in [0.5, 0.6) is 0 Å².